The number of pyridine rings is 2. The fourth-order valence-electron chi connectivity index (χ4n) is 1.51. The quantitative estimate of drug-likeness (QED) is 0.887. The van der Waals surface area contributed by atoms with E-state index in [0.29, 0.717) is 17.0 Å². The smallest absolute Gasteiger partial charge is 0.0845 e. The lowest BCUT2D eigenvalue weighted by atomic mass is 10.0. The molecule has 0 radical (unpaired) electrons. The number of aliphatic hydroxyl groups is 1. The van der Waals surface area contributed by atoms with Gasteiger partial charge < -0.3 is 5.11 Å². The summed E-state index contributed by atoms with van der Waals surface area (Å²) in [6.45, 7) is 0. The summed E-state index contributed by atoms with van der Waals surface area (Å²) in [5.74, 6) is 0. The Morgan fingerprint density at radius 2 is 1.81 bits per heavy atom. The SMILES string of the molecule is OC(Cc1ccncc1)c1ccncc1Cl. The van der Waals surface area contributed by atoms with Crippen molar-refractivity contribution in [2.75, 3.05) is 0 Å². The number of aromatic nitrogens is 2. The van der Waals surface area contributed by atoms with Crippen molar-refractivity contribution in [3.63, 3.8) is 0 Å². The van der Waals surface area contributed by atoms with Crippen molar-refractivity contribution < 1.29 is 5.11 Å². The standard InChI is InChI=1S/C12H11ClN2O/c13-11-8-15-6-3-10(11)12(16)7-9-1-4-14-5-2-9/h1-6,8,12,16H,7H2. The normalized spacial score (nSPS) is 12.4. The third-order valence-corrected chi connectivity index (χ3v) is 2.66. The Morgan fingerprint density at radius 1 is 1.12 bits per heavy atom. The van der Waals surface area contributed by atoms with E-state index >= 15 is 0 Å². The summed E-state index contributed by atoms with van der Waals surface area (Å²) in [6.07, 6.45) is 6.47. The van der Waals surface area contributed by atoms with E-state index in [-0.39, 0.29) is 0 Å². The lowest BCUT2D eigenvalue weighted by Crippen LogP contribution is -2.02. The first-order valence-electron chi connectivity index (χ1n) is 4.94. The lowest BCUT2D eigenvalue weighted by Gasteiger charge is -2.11. The van der Waals surface area contributed by atoms with Crippen LogP contribution in [0.3, 0.4) is 0 Å². The van der Waals surface area contributed by atoms with Crippen LogP contribution in [0.1, 0.15) is 17.2 Å². The van der Waals surface area contributed by atoms with Gasteiger partial charge >= 0.3 is 0 Å². The van der Waals surface area contributed by atoms with Gasteiger partial charge in [-0.1, -0.05) is 11.6 Å². The van der Waals surface area contributed by atoms with E-state index in [1.165, 1.54) is 6.20 Å². The summed E-state index contributed by atoms with van der Waals surface area (Å²) in [5, 5.41) is 10.5. The molecule has 4 heteroatoms. The van der Waals surface area contributed by atoms with Gasteiger partial charge in [-0.05, 0) is 23.8 Å². The Bertz CT molecular complexity index is 462. The van der Waals surface area contributed by atoms with E-state index in [9.17, 15) is 5.11 Å². The van der Waals surface area contributed by atoms with Crippen LogP contribution in [0.25, 0.3) is 0 Å². The highest BCUT2D eigenvalue weighted by Gasteiger charge is 2.11. The average molecular weight is 235 g/mol. The average Bonchev–Trinajstić information content (AvgIpc) is 2.31. The summed E-state index contributed by atoms with van der Waals surface area (Å²) in [5.41, 5.74) is 1.73. The number of hydrogen-bond donors (Lipinski definition) is 1. The fourth-order valence-corrected chi connectivity index (χ4v) is 1.75. The van der Waals surface area contributed by atoms with Gasteiger partial charge in [0.2, 0.25) is 0 Å². The van der Waals surface area contributed by atoms with Crippen molar-refractivity contribution in [1.29, 1.82) is 0 Å². The second-order valence-electron chi connectivity index (χ2n) is 3.47. The van der Waals surface area contributed by atoms with Crippen molar-refractivity contribution in [2.45, 2.75) is 12.5 Å². The number of hydrogen-bond acceptors (Lipinski definition) is 3. The van der Waals surface area contributed by atoms with Gasteiger partial charge in [0.1, 0.15) is 0 Å². The van der Waals surface area contributed by atoms with Crippen LogP contribution >= 0.6 is 11.6 Å². The molecule has 0 bridgehead atoms. The van der Waals surface area contributed by atoms with Gasteiger partial charge in [0.15, 0.2) is 0 Å². The van der Waals surface area contributed by atoms with E-state index < -0.39 is 6.10 Å². The molecular formula is C12H11ClN2O. The molecule has 0 saturated heterocycles. The van der Waals surface area contributed by atoms with Gasteiger partial charge in [-0.25, -0.2) is 0 Å². The predicted octanol–water partition coefficient (Wildman–Crippen LogP) is 2.41. The molecule has 2 aromatic rings. The fraction of sp³-hybridized carbons (Fsp3) is 0.167. The third kappa shape index (κ3) is 2.56. The van der Waals surface area contributed by atoms with Crippen LogP contribution in [0.15, 0.2) is 43.0 Å². The summed E-state index contributed by atoms with van der Waals surface area (Å²) in [7, 11) is 0. The number of rotatable bonds is 3. The molecule has 1 atom stereocenters. The van der Waals surface area contributed by atoms with Crippen molar-refractivity contribution in [3.8, 4) is 0 Å². The zero-order valence-corrected chi connectivity index (χ0v) is 9.30. The van der Waals surface area contributed by atoms with Gasteiger partial charge in [-0.15, -0.1) is 0 Å². The summed E-state index contributed by atoms with van der Waals surface area (Å²) >= 11 is 5.95. The molecule has 16 heavy (non-hydrogen) atoms. The number of nitrogens with zero attached hydrogens (tertiary/aromatic N) is 2. The van der Waals surface area contributed by atoms with Crippen molar-refractivity contribution in [1.82, 2.24) is 9.97 Å². The molecule has 2 aromatic heterocycles. The Morgan fingerprint density at radius 3 is 2.50 bits per heavy atom. The maximum atomic E-state index is 10.0. The van der Waals surface area contributed by atoms with E-state index in [1.54, 1.807) is 24.7 Å². The van der Waals surface area contributed by atoms with E-state index in [0.717, 1.165) is 5.56 Å². The van der Waals surface area contributed by atoms with Gasteiger partial charge in [0, 0.05) is 36.8 Å². The summed E-state index contributed by atoms with van der Waals surface area (Å²) < 4.78 is 0. The minimum atomic E-state index is -0.613. The zero-order chi connectivity index (χ0) is 11.4. The molecule has 0 spiro atoms. The molecule has 1 unspecified atom stereocenters. The predicted molar refractivity (Wildman–Crippen MR) is 62.1 cm³/mol. The van der Waals surface area contributed by atoms with Crippen LogP contribution in [0, 0.1) is 0 Å². The molecule has 0 fully saturated rings. The molecule has 0 aromatic carbocycles. The second kappa shape index (κ2) is 5.05. The molecule has 0 aliphatic carbocycles. The third-order valence-electron chi connectivity index (χ3n) is 2.34. The number of halogens is 1. The van der Waals surface area contributed by atoms with Gasteiger partial charge in [-0.3, -0.25) is 9.97 Å². The van der Waals surface area contributed by atoms with Crippen LogP contribution in [-0.4, -0.2) is 15.1 Å². The first kappa shape index (κ1) is 11.0. The molecule has 0 aliphatic rings. The van der Waals surface area contributed by atoms with E-state index in [4.69, 9.17) is 11.6 Å². The highest BCUT2D eigenvalue weighted by atomic mass is 35.5. The van der Waals surface area contributed by atoms with E-state index in [1.807, 2.05) is 12.1 Å². The largest absolute Gasteiger partial charge is 0.388 e. The number of aliphatic hydroxyl groups excluding tert-OH is 1. The minimum Gasteiger partial charge on any atom is -0.388 e. The first-order chi connectivity index (χ1) is 7.77. The molecule has 82 valence electrons. The molecule has 2 heterocycles. The first-order valence-corrected chi connectivity index (χ1v) is 5.31. The van der Waals surface area contributed by atoms with E-state index in [2.05, 4.69) is 9.97 Å². The van der Waals surface area contributed by atoms with Crippen LogP contribution in [0.5, 0.6) is 0 Å². The molecule has 3 nitrogen and oxygen atoms in total. The van der Waals surface area contributed by atoms with Crippen molar-refractivity contribution in [2.24, 2.45) is 0 Å². The molecule has 0 amide bonds. The van der Waals surface area contributed by atoms with Crippen LogP contribution in [0.4, 0.5) is 0 Å². The maximum absolute atomic E-state index is 10.0. The van der Waals surface area contributed by atoms with Crippen LogP contribution in [0.2, 0.25) is 5.02 Å². The molecule has 0 saturated carbocycles. The Hall–Kier alpha value is -1.45. The summed E-state index contributed by atoms with van der Waals surface area (Å²) in [6, 6.07) is 5.48. The van der Waals surface area contributed by atoms with Gasteiger partial charge in [0.05, 0.1) is 11.1 Å². The highest BCUT2D eigenvalue weighted by molar-refractivity contribution is 6.31. The van der Waals surface area contributed by atoms with Gasteiger partial charge in [0.25, 0.3) is 0 Å². The monoisotopic (exact) mass is 234 g/mol. The second-order valence-corrected chi connectivity index (χ2v) is 3.88. The Balaban J connectivity index is 2.15. The van der Waals surface area contributed by atoms with Crippen molar-refractivity contribution in [3.05, 3.63) is 59.1 Å². The minimum absolute atomic E-state index is 0.490. The zero-order valence-electron chi connectivity index (χ0n) is 8.55. The molecule has 0 aliphatic heterocycles. The molecule has 2 rings (SSSR count). The summed E-state index contributed by atoms with van der Waals surface area (Å²) in [4.78, 5) is 7.81. The molecular weight excluding hydrogens is 224 g/mol. The van der Waals surface area contributed by atoms with Crippen LogP contribution < -0.4 is 0 Å². The molecule has 1 N–H and O–H groups in total. The van der Waals surface area contributed by atoms with Crippen LogP contribution in [-0.2, 0) is 6.42 Å². The Labute approximate surface area is 98.8 Å². The topological polar surface area (TPSA) is 46.0 Å². The van der Waals surface area contributed by atoms with Gasteiger partial charge in [-0.2, -0.15) is 0 Å². The van der Waals surface area contributed by atoms with Crippen molar-refractivity contribution >= 4 is 11.6 Å². The maximum Gasteiger partial charge on any atom is 0.0845 e. The highest BCUT2D eigenvalue weighted by Crippen LogP contribution is 2.24. The lowest BCUT2D eigenvalue weighted by molar-refractivity contribution is 0.178. The Kier molecular flexibility index (Phi) is 3.49.